The molecule has 2 rings (SSSR count). The normalized spacial score (nSPS) is 18.9. The molecule has 0 saturated carbocycles. The Morgan fingerprint density at radius 1 is 1.30 bits per heavy atom. The van der Waals surface area contributed by atoms with Gasteiger partial charge in [-0.1, -0.05) is 23.7 Å². The minimum absolute atomic E-state index is 0.250. The Morgan fingerprint density at radius 2 is 1.90 bits per heavy atom. The van der Waals surface area contributed by atoms with Crippen molar-refractivity contribution in [1.82, 2.24) is 4.90 Å². The number of Topliss-reactive ketones (excluding diaryl/α,β-unsaturated/α-hetero) is 1. The maximum Gasteiger partial charge on any atom is 0.129 e. The van der Waals surface area contributed by atoms with Crippen LogP contribution in [-0.2, 0) is 10.4 Å². The zero-order valence-corrected chi connectivity index (χ0v) is 12.7. The van der Waals surface area contributed by atoms with E-state index in [-0.39, 0.29) is 5.78 Å². The number of halogens is 1. The summed E-state index contributed by atoms with van der Waals surface area (Å²) in [5, 5.41) is 11.4. The topological polar surface area (TPSA) is 40.5 Å². The second kappa shape index (κ2) is 6.70. The van der Waals surface area contributed by atoms with E-state index in [0.717, 1.165) is 44.5 Å². The predicted octanol–water partition coefficient (Wildman–Crippen LogP) is 2.99. The Kier molecular flexibility index (Phi) is 5.19. The number of likely N-dealkylation sites (tertiary alicyclic amines) is 1. The van der Waals surface area contributed by atoms with Crippen molar-refractivity contribution in [2.45, 2.75) is 38.2 Å². The van der Waals surface area contributed by atoms with Gasteiger partial charge in [-0.25, -0.2) is 0 Å². The first-order valence-electron chi connectivity index (χ1n) is 7.20. The molecule has 0 spiro atoms. The molecule has 1 fully saturated rings. The van der Waals surface area contributed by atoms with Gasteiger partial charge >= 0.3 is 0 Å². The largest absolute Gasteiger partial charge is 0.385 e. The van der Waals surface area contributed by atoms with Crippen LogP contribution >= 0.6 is 11.6 Å². The summed E-state index contributed by atoms with van der Waals surface area (Å²) in [6.07, 6.45) is 3.02. The van der Waals surface area contributed by atoms with E-state index in [4.69, 9.17) is 11.6 Å². The fourth-order valence-corrected chi connectivity index (χ4v) is 2.87. The quantitative estimate of drug-likeness (QED) is 0.908. The van der Waals surface area contributed by atoms with Gasteiger partial charge in [-0.15, -0.1) is 0 Å². The van der Waals surface area contributed by atoms with Crippen molar-refractivity contribution in [3.05, 3.63) is 34.9 Å². The van der Waals surface area contributed by atoms with Crippen molar-refractivity contribution in [2.75, 3.05) is 19.6 Å². The number of hydrogen-bond acceptors (Lipinski definition) is 3. The van der Waals surface area contributed by atoms with Crippen LogP contribution in [-0.4, -0.2) is 35.4 Å². The molecule has 20 heavy (non-hydrogen) atoms. The molecule has 0 aromatic heterocycles. The first-order chi connectivity index (χ1) is 9.49. The number of benzene rings is 1. The van der Waals surface area contributed by atoms with Gasteiger partial charge in [0.1, 0.15) is 5.78 Å². The van der Waals surface area contributed by atoms with Gasteiger partial charge in [-0.05, 0) is 50.4 Å². The molecule has 0 atom stereocenters. The lowest BCUT2D eigenvalue weighted by atomic mass is 9.84. The molecule has 0 unspecified atom stereocenters. The van der Waals surface area contributed by atoms with Crippen molar-refractivity contribution in [1.29, 1.82) is 0 Å². The standard InChI is InChI=1S/C16H22ClNO2/c1-13(19)3-2-10-18-11-8-16(20,9-12-18)14-4-6-15(17)7-5-14/h4-7,20H,2-3,8-12H2,1H3. The Bertz CT molecular complexity index is 450. The first kappa shape index (κ1) is 15.5. The van der Waals surface area contributed by atoms with Crippen LogP contribution in [0.3, 0.4) is 0 Å². The second-order valence-electron chi connectivity index (χ2n) is 5.69. The number of piperidine rings is 1. The third-order valence-electron chi connectivity index (χ3n) is 4.07. The maximum atomic E-state index is 10.9. The number of aliphatic hydroxyl groups is 1. The number of hydrogen-bond donors (Lipinski definition) is 1. The lowest BCUT2D eigenvalue weighted by molar-refractivity contribution is -0.117. The van der Waals surface area contributed by atoms with E-state index >= 15 is 0 Å². The number of carbonyl (C=O) groups excluding carboxylic acids is 1. The van der Waals surface area contributed by atoms with Crippen LogP contribution < -0.4 is 0 Å². The third kappa shape index (κ3) is 4.05. The molecule has 1 heterocycles. The molecule has 1 aromatic rings. The summed E-state index contributed by atoms with van der Waals surface area (Å²) < 4.78 is 0. The highest BCUT2D eigenvalue weighted by Crippen LogP contribution is 2.33. The Balaban J connectivity index is 1.86. The highest BCUT2D eigenvalue weighted by molar-refractivity contribution is 6.30. The molecule has 3 nitrogen and oxygen atoms in total. The number of nitrogens with zero attached hydrogens (tertiary/aromatic N) is 1. The summed E-state index contributed by atoms with van der Waals surface area (Å²) in [6.45, 7) is 4.32. The predicted molar refractivity (Wildman–Crippen MR) is 80.9 cm³/mol. The Labute approximate surface area is 125 Å². The molecule has 1 aliphatic rings. The monoisotopic (exact) mass is 295 g/mol. The van der Waals surface area contributed by atoms with Gasteiger partial charge in [-0.2, -0.15) is 0 Å². The molecule has 1 aromatic carbocycles. The third-order valence-corrected chi connectivity index (χ3v) is 4.32. The zero-order chi connectivity index (χ0) is 14.6. The summed E-state index contributed by atoms with van der Waals surface area (Å²) in [5.74, 6) is 0.250. The van der Waals surface area contributed by atoms with Crippen LogP contribution in [0.15, 0.2) is 24.3 Å². The number of ketones is 1. The average molecular weight is 296 g/mol. The average Bonchev–Trinajstić information content (AvgIpc) is 2.41. The molecule has 0 aliphatic carbocycles. The lowest BCUT2D eigenvalue weighted by Gasteiger charge is -2.38. The van der Waals surface area contributed by atoms with Gasteiger partial charge in [-0.3, -0.25) is 0 Å². The molecule has 4 heteroatoms. The van der Waals surface area contributed by atoms with Crippen LogP contribution in [0.4, 0.5) is 0 Å². The van der Waals surface area contributed by atoms with E-state index in [1.807, 2.05) is 24.3 Å². The fraction of sp³-hybridized carbons (Fsp3) is 0.562. The first-order valence-corrected chi connectivity index (χ1v) is 7.58. The summed E-state index contributed by atoms with van der Waals surface area (Å²) in [6, 6.07) is 7.48. The number of carbonyl (C=O) groups is 1. The van der Waals surface area contributed by atoms with Crippen LogP contribution in [0.25, 0.3) is 0 Å². The molecule has 0 amide bonds. The second-order valence-corrected chi connectivity index (χ2v) is 6.12. The molecule has 1 saturated heterocycles. The molecule has 0 bridgehead atoms. The van der Waals surface area contributed by atoms with E-state index in [0.29, 0.717) is 11.4 Å². The van der Waals surface area contributed by atoms with Crippen molar-refractivity contribution in [3.63, 3.8) is 0 Å². The summed E-state index contributed by atoms with van der Waals surface area (Å²) in [7, 11) is 0. The van der Waals surface area contributed by atoms with Gasteiger partial charge in [0.2, 0.25) is 0 Å². The van der Waals surface area contributed by atoms with Crippen molar-refractivity contribution >= 4 is 17.4 Å². The summed E-state index contributed by atoms with van der Waals surface area (Å²) >= 11 is 5.88. The highest BCUT2D eigenvalue weighted by Gasteiger charge is 2.33. The SMILES string of the molecule is CC(=O)CCCN1CCC(O)(c2ccc(Cl)cc2)CC1. The Hall–Kier alpha value is -0.900. The summed E-state index contributed by atoms with van der Waals surface area (Å²) in [5.41, 5.74) is 0.215. The molecule has 1 N–H and O–H groups in total. The van der Waals surface area contributed by atoms with Crippen molar-refractivity contribution < 1.29 is 9.90 Å². The van der Waals surface area contributed by atoms with Gasteiger partial charge in [0.25, 0.3) is 0 Å². The van der Waals surface area contributed by atoms with E-state index in [1.54, 1.807) is 6.92 Å². The summed E-state index contributed by atoms with van der Waals surface area (Å²) in [4.78, 5) is 13.3. The minimum atomic E-state index is -0.734. The smallest absolute Gasteiger partial charge is 0.129 e. The van der Waals surface area contributed by atoms with E-state index in [1.165, 1.54) is 0 Å². The van der Waals surface area contributed by atoms with Crippen LogP contribution in [0.5, 0.6) is 0 Å². The zero-order valence-electron chi connectivity index (χ0n) is 11.9. The van der Waals surface area contributed by atoms with Crippen LogP contribution in [0.2, 0.25) is 5.02 Å². The number of rotatable bonds is 5. The van der Waals surface area contributed by atoms with Crippen molar-refractivity contribution in [3.8, 4) is 0 Å². The van der Waals surface area contributed by atoms with E-state index < -0.39 is 5.60 Å². The van der Waals surface area contributed by atoms with Gasteiger partial charge in [0, 0.05) is 24.5 Å². The van der Waals surface area contributed by atoms with E-state index in [2.05, 4.69) is 4.90 Å². The van der Waals surface area contributed by atoms with E-state index in [9.17, 15) is 9.90 Å². The molecular weight excluding hydrogens is 274 g/mol. The maximum absolute atomic E-state index is 10.9. The van der Waals surface area contributed by atoms with Crippen LogP contribution in [0.1, 0.15) is 38.2 Å². The van der Waals surface area contributed by atoms with Gasteiger partial charge in [0.05, 0.1) is 5.60 Å². The van der Waals surface area contributed by atoms with Gasteiger partial charge in [0.15, 0.2) is 0 Å². The Morgan fingerprint density at radius 3 is 2.45 bits per heavy atom. The highest BCUT2D eigenvalue weighted by atomic mass is 35.5. The van der Waals surface area contributed by atoms with Crippen LogP contribution in [0, 0.1) is 0 Å². The van der Waals surface area contributed by atoms with Gasteiger partial charge < -0.3 is 14.8 Å². The van der Waals surface area contributed by atoms with Crippen molar-refractivity contribution in [2.24, 2.45) is 0 Å². The molecule has 1 aliphatic heterocycles. The fourth-order valence-electron chi connectivity index (χ4n) is 2.75. The molecule has 0 radical (unpaired) electrons. The minimum Gasteiger partial charge on any atom is -0.385 e. The molecular formula is C16H22ClNO2. The lowest BCUT2D eigenvalue weighted by Crippen LogP contribution is -2.42. The molecule has 110 valence electrons.